The Kier molecular flexibility index (Phi) is 5.24. The molecule has 1 N–H and O–H groups in total. The molecule has 1 aromatic heterocycles. The highest BCUT2D eigenvalue weighted by molar-refractivity contribution is 6.31. The van der Waals surface area contributed by atoms with Crippen molar-refractivity contribution in [1.29, 1.82) is 0 Å². The Bertz CT molecular complexity index is 1120. The molecule has 0 bridgehead atoms. The van der Waals surface area contributed by atoms with Gasteiger partial charge in [-0.3, -0.25) is 0 Å². The Balaban J connectivity index is 1.68. The normalized spacial score (nSPS) is 11.7. The van der Waals surface area contributed by atoms with Gasteiger partial charge in [-0.2, -0.15) is 13.2 Å². The Morgan fingerprint density at radius 1 is 0.862 bits per heavy atom. The molecule has 0 amide bonds. The standard InChI is InChI=1S/C23H18ClF3N2/c24-18-9-10-22-21(14-18)16(15-28-22)11-12-29(19-6-2-1-3-7-19)20-8-4-5-17(13-20)23(25,26)27/h1-10,13-15,28H,11-12H2. The molecule has 0 saturated carbocycles. The molecule has 0 saturated heterocycles. The van der Waals surface area contributed by atoms with E-state index in [-0.39, 0.29) is 0 Å². The number of rotatable bonds is 5. The predicted octanol–water partition coefficient (Wildman–Crippen LogP) is 7.22. The lowest BCUT2D eigenvalue weighted by atomic mass is 10.1. The summed E-state index contributed by atoms with van der Waals surface area (Å²) in [6.45, 7) is 0.519. The van der Waals surface area contributed by atoms with Crippen LogP contribution in [0.5, 0.6) is 0 Å². The number of nitrogens with zero attached hydrogens (tertiary/aromatic N) is 1. The van der Waals surface area contributed by atoms with Gasteiger partial charge in [0.2, 0.25) is 0 Å². The van der Waals surface area contributed by atoms with Crippen LogP contribution in [0.25, 0.3) is 10.9 Å². The highest BCUT2D eigenvalue weighted by Crippen LogP contribution is 2.34. The zero-order chi connectivity index (χ0) is 20.4. The number of aromatic amines is 1. The first-order valence-corrected chi connectivity index (χ1v) is 9.55. The Hall–Kier alpha value is -2.92. The lowest BCUT2D eigenvalue weighted by molar-refractivity contribution is -0.137. The molecule has 2 nitrogen and oxygen atoms in total. The first kappa shape index (κ1) is 19.4. The van der Waals surface area contributed by atoms with Crippen LogP contribution in [0.15, 0.2) is 79.0 Å². The highest BCUT2D eigenvalue weighted by atomic mass is 35.5. The molecule has 0 aliphatic rings. The number of halogens is 4. The lowest BCUT2D eigenvalue weighted by Crippen LogP contribution is -2.20. The smallest absolute Gasteiger partial charge is 0.361 e. The summed E-state index contributed by atoms with van der Waals surface area (Å²) < 4.78 is 39.7. The average molecular weight is 415 g/mol. The maximum Gasteiger partial charge on any atom is 0.416 e. The molecule has 0 atom stereocenters. The van der Waals surface area contributed by atoms with Crippen LogP contribution in [0.4, 0.5) is 24.5 Å². The van der Waals surface area contributed by atoms with Gasteiger partial charge in [0.25, 0.3) is 0 Å². The summed E-state index contributed by atoms with van der Waals surface area (Å²) in [5.74, 6) is 0. The van der Waals surface area contributed by atoms with E-state index in [2.05, 4.69) is 4.98 Å². The molecule has 3 aromatic carbocycles. The number of para-hydroxylation sites is 1. The topological polar surface area (TPSA) is 19.0 Å². The van der Waals surface area contributed by atoms with Crippen LogP contribution < -0.4 is 4.90 Å². The number of hydrogen-bond acceptors (Lipinski definition) is 1. The Morgan fingerprint density at radius 2 is 1.62 bits per heavy atom. The van der Waals surface area contributed by atoms with E-state index < -0.39 is 11.7 Å². The second-order valence-electron chi connectivity index (χ2n) is 6.79. The maximum atomic E-state index is 13.2. The summed E-state index contributed by atoms with van der Waals surface area (Å²) in [6, 6.07) is 20.5. The Labute approximate surface area is 171 Å². The summed E-state index contributed by atoms with van der Waals surface area (Å²) in [5, 5.41) is 1.67. The van der Waals surface area contributed by atoms with E-state index in [1.807, 2.05) is 59.6 Å². The maximum absolute atomic E-state index is 13.2. The van der Waals surface area contributed by atoms with Crippen molar-refractivity contribution >= 4 is 33.9 Å². The summed E-state index contributed by atoms with van der Waals surface area (Å²) >= 11 is 6.13. The zero-order valence-corrected chi connectivity index (χ0v) is 16.1. The fourth-order valence-corrected chi connectivity index (χ4v) is 3.63. The van der Waals surface area contributed by atoms with Crippen LogP contribution in [0.1, 0.15) is 11.1 Å². The van der Waals surface area contributed by atoms with E-state index in [4.69, 9.17) is 11.6 Å². The Morgan fingerprint density at radius 3 is 2.38 bits per heavy atom. The van der Waals surface area contributed by atoms with Crippen LogP contribution in [0.3, 0.4) is 0 Å². The molecule has 4 aromatic rings. The number of anilines is 2. The minimum absolute atomic E-state index is 0.504. The molecule has 1 heterocycles. The number of H-pyrrole nitrogens is 1. The molecular formula is C23H18ClF3N2. The molecule has 29 heavy (non-hydrogen) atoms. The van der Waals surface area contributed by atoms with Gasteiger partial charge in [0.15, 0.2) is 0 Å². The van der Waals surface area contributed by atoms with Crippen molar-refractivity contribution in [3.8, 4) is 0 Å². The molecule has 0 unspecified atom stereocenters. The third kappa shape index (κ3) is 4.25. The van der Waals surface area contributed by atoms with Gasteiger partial charge in [0, 0.05) is 40.0 Å². The number of fused-ring (bicyclic) bond motifs is 1. The summed E-state index contributed by atoms with van der Waals surface area (Å²) in [5.41, 5.74) is 2.73. The van der Waals surface area contributed by atoms with Crippen molar-refractivity contribution < 1.29 is 13.2 Å². The SMILES string of the molecule is FC(F)(F)c1cccc(N(CCc2c[nH]c3ccc(Cl)cc23)c2ccccc2)c1. The molecule has 148 valence electrons. The third-order valence-electron chi connectivity index (χ3n) is 4.89. The molecule has 0 fully saturated rings. The third-order valence-corrected chi connectivity index (χ3v) is 5.12. The van der Waals surface area contributed by atoms with Crippen LogP contribution in [0.2, 0.25) is 5.02 Å². The molecule has 4 rings (SSSR count). The predicted molar refractivity (Wildman–Crippen MR) is 112 cm³/mol. The van der Waals surface area contributed by atoms with Crippen LogP contribution >= 0.6 is 11.6 Å². The second-order valence-corrected chi connectivity index (χ2v) is 7.23. The van der Waals surface area contributed by atoms with Crippen LogP contribution in [-0.2, 0) is 12.6 Å². The van der Waals surface area contributed by atoms with Crippen molar-refractivity contribution in [2.45, 2.75) is 12.6 Å². The van der Waals surface area contributed by atoms with E-state index in [1.54, 1.807) is 6.07 Å². The number of alkyl halides is 3. The van der Waals surface area contributed by atoms with Gasteiger partial charge in [0.05, 0.1) is 5.56 Å². The minimum atomic E-state index is -4.38. The molecule has 0 aliphatic heterocycles. The number of benzene rings is 3. The fraction of sp³-hybridized carbons (Fsp3) is 0.130. The number of hydrogen-bond donors (Lipinski definition) is 1. The van der Waals surface area contributed by atoms with Gasteiger partial charge in [-0.15, -0.1) is 0 Å². The molecule has 6 heteroatoms. The van der Waals surface area contributed by atoms with Gasteiger partial charge in [-0.1, -0.05) is 35.9 Å². The van der Waals surface area contributed by atoms with E-state index in [0.29, 0.717) is 23.7 Å². The van der Waals surface area contributed by atoms with Crippen molar-refractivity contribution in [3.63, 3.8) is 0 Å². The summed E-state index contributed by atoms with van der Waals surface area (Å²) in [7, 11) is 0. The fourth-order valence-electron chi connectivity index (χ4n) is 3.46. The molecule has 0 radical (unpaired) electrons. The van der Waals surface area contributed by atoms with Gasteiger partial charge in [0.1, 0.15) is 0 Å². The number of aromatic nitrogens is 1. The van der Waals surface area contributed by atoms with Crippen LogP contribution in [0, 0.1) is 0 Å². The quantitative estimate of drug-likeness (QED) is 0.365. The summed E-state index contributed by atoms with van der Waals surface area (Å²) in [6.07, 6.45) is -1.81. The lowest BCUT2D eigenvalue weighted by Gasteiger charge is -2.26. The van der Waals surface area contributed by atoms with Crippen molar-refractivity contribution in [1.82, 2.24) is 4.98 Å². The number of nitrogens with one attached hydrogen (secondary N) is 1. The highest BCUT2D eigenvalue weighted by Gasteiger charge is 2.31. The second kappa shape index (κ2) is 7.84. The van der Waals surface area contributed by atoms with Crippen molar-refractivity contribution in [2.24, 2.45) is 0 Å². The van der Waals surface area contributed by atoms with Gasteiger partial charge in [-0.25, -0.2) is 0 Å². The minimum Gasteiger partial charge on any atom is -0.361 e. The monoisotopic (exact) mass is 414 g/mol. The van der Waals surface area contributed by atoms with Gasteiger partial charge in [-0.05, 0) is 60.5 Å². The van der Waals surface area contributed by atoms with Crippen LogP contribution in [-0.4, -0.2) is 11.5 Å². The summed E-state index contributed by atoms with van der Waals surface area (Å²) in [4.78, 5) is 5.12. The largest absolute Gasteiger partial charge is 0.416 e. The van der Waals surface area contributed by atoms with Gasteiger partial charge < -0.3 is 9.88 Å². The molecular weight excluding hydrogens is 397 g/mol. The van der Waals surface area contributed by atoms with E-state index >= 15 is 0 Å². The molecule has 0 spiro atoms. The zero-order valence-electron chi connectivity index (χ0n) is 15.4. The first-order chi connectivity index (χ1) is 13.9. The van der Waals surface area contributed by atoms with E-state index in [0.717, 1.165) is 28.2 Å². The molecule has 0 aliphatic carbocycles. The van der Waals surface area contributed by atoms with E-state index in [1.165, 1.54) is 12.1 Å². The van der Waals surface area contributed by atoms with Gasteiger partial charge >= 0.3 is 6.18 Å². The van der Waals surface area contributed by atoms with Crippen molar-refractivity contribution in [3.05, 3.63) is 95.1 Å². The average Bonchev–Trinajstić information content (AvgIpc) is 3.11. The van der Waals surface area contributed by atoms with E-state index in [9.17, 15) is 13.2 Å². The first-order valence-electron chi connectivity index (χ1n) is 9.17. The van der Waals surface area contributed by atoms with Crippen molar-refractivity contribution in [2.75, 3.05) is 11.4 Å².